The number of fused-ring (bicyclic) bond motifs is 1. The fraction of sp³-hybridized carbons (Fsp3) is 0.367. The molecular formula is C30H35N3O5S. The van der Waals surface area contributed by atoms with E-state index in [1.54, 1.807) is 35.8 Å². The molecule has 0 unspecified atom stereocenters. The van der Waals surface area contributed by atoms with Crippen molar-refractivity contribution in [3.8, 4) is 17.2 Å². The van der Waals surface area contributed by atoms with Gasteiger partial charge in [0.05, 0.1) is 36.1 Å². The number of nitrogens with zero attached hydrogens (tertiary/aromatic N) is 3. The Balaban J connectivity index is 1.94. The molecule has 2 aromatic carbocycles. The largest absolute Gasteiger partial charge is 0.497 e. The fourth-order valence-corrected chi connectivity index (χ4v) is 5.74. The van der Waals surface area contributed by atoms with Crippen molar-refractivity contribution in [2.45, 2.75) is 46.8 Å². The summed E-state index contributed by atoms with van der Waals surface area (Å²) in [6, 6.07) is 12.3. The van der Waals surface area contributed by atoms with Crippen LogP contribution in [0.3, 0.4) is 0 Å². The summed E-state index contributed by atoms with van der Waals surface area (Å²) in [6.45, 7) is 10.7. The van der Waals surface area contributed by atoms with Gasteiger partial charge < -0.3 is 19.1 Å². The summed E-state index contributed by atoms with van der Waals surface area (Å²) < 4.78 is 19.1. The molecule has 0 aliphatic carbocycles. The van der Waals surface area contributed by atoms with Crippen LogP contribution in [-0.2, 0) is 4.79 Å². The Morgan fingerprint density at radius 3 is 2.33 bits per heavy atom. The number of ether oxygens (including phenoxy) is 3. The number of allylic oxidation sites excluding steroid dienone is 1. The molecule has 0 bridgehead atoms. The van der Waals surface area contributed by atoms with Gasteiger partial charge >= 0.3 is 0 Å². The smallest absolute Gasteiger partial charge is 0.271 e. The standard InChI is InChI=1S/C30H35N3O5S/c1-8-32(9-2)29(35)26-19(5)31-30-33(27(26)23-17-22(36-6)14-15-24(23)37-7)28(34)25(39-30)16-20-10-12-21(13-11-20)38-18(3)4/h10-18,27H,8-9H2,1-7H3/b25-16+/t27-/m1/s1. The maximum absolute atomic E-state index is 14.0. The van der Waals surface area contributed by atoms with Crippen LogP contribution < -0.4 is 29.1 Å². The highest BCUT2D eigenvalue weighted by Gasteiger charge is 2.36. The fourth-order valence-electron chi connectivity index (χ4n) is 4.69. The van der Waals surface area contributed by atoms with Crippen LogP contribution in [-0.4, -0.2) is 48.8 Å². The van der Waals surface area contributed by atoms with Crippen molar-refractivity contribution in [1.82, 2.24) is 9.47 Å². The second kappa shape index (κ2) is 11.9. The van der Waals surface area contributed by atoms with E-state index in [1.807, 2.05) is 71.0 Å². The summed E-state index contributed by atoms with van der Waals surface area (Å²) in [6.07, 6.45) is 1.92. The molecule has 2 heterocycles. The number of carbonyl (C=O) groups excluding carboxylic acids is 1. The van der Waals surface area contributed by atoms with Crippen molar-refractivity contribution in [2.75, 3.05) is 27.3 Å². The minimum atomic E-state index is -0.733. The molecular weight excluding hydrogens is 514 g/mol. The third-order valence-corrected chi connectivity index (χ3v) is 7.57. The number of likely N-dealkylation sites (N-methyl/N-ethyl adjacent to an activating group) is 1. The predicted octanol–water partition coefficient (Wildman–Crippen LogP) is 3.91. The number of methoxy groups -OCH3 is 2. The molecule has 3 aromatic rings. The van der Waals surface area contributed by atoms with E-state index < -0.39 is 6.04 Å². The third kappa shape index (κ3) is 5.63. The van der Waals surface area contributed by atoms with Crippen molar-refractivity contribution in [3.63, 3.8) is 0 Å². The molecule has 1 aromatic heterocycles. The molecule has 206 valence electrons. The van der Waals surface area contributed by atoms with Crippen LogP contribution in [0.1, 0.15) is 51.8 Å². The Morgan fingerprint density at radius 2 is 1.74 bits per heavy atom. The highest BCUT2D eigenvalue weighted by molar-refractivity contribution is 7.07. The van der Waals surface area contributed by atoms with Crippen LogP contribution in [0.2, 0.25) is 0 Å². The molecule has 0 radical (unpaired) electrons. The number of hydrogen-bond acceptors (Lipinski definition) is 7. The number of rotatable bonds is 9. The first-order valence-electron chi connectivity index (χ1n) is 13.0. The molecule has 9 heteroatoms. The molecule has 0 N–H and O–H groups in total. The van der Waals surface area contributed by atoms with Gasteiger partial charge in [0, 0.05) is 18.7 Å². The van der Waals surface area contributed by atoms with Gasteiger partial charge in [-0.15, -0.1) is 0 Å². The predicted molar refractivity (Wildman–Crippen MR) is 153 cm³/mol. The Kier molecular flexibility index (Phi) is 8.60. The van der Waals surface area contributed by atoms with Gasteiger partial charge in [-0.3, -0.25) is 14.2 Å². The van der Waals surface area contributed by atoms with E-state index in [2.05, 4.69) is 0 Å². The Hall–Kier alpha value is -3.85. The molecule has 39 heavy (non-hydrogen) atoms. The highest BCUT2D eigenvalue weighted by Crippen LogP contribution is 2.38. The van der Waals surface area contributed by atoms with Gasteiger partial charge in [0.2, 0.25) is 0 Å². The lowest BCUT2D eigenvalue weighted by Gasteiger charge is -2.30. The average Bonchev–Trinajstić information content (AvgIpc) is 3.22. The van der Waals surface area contributed by atoms with E-state index in [0.717, 1.165) is 11.3 Å². The van der Waals surface area contributed by atoms with Gasteiger partial charge in [0.15, 0.2) is 4.80 Å². The van der Waals surface area contributed by atoms with Gasteiger partial charge in [0.1, 0.15) is 23.3 Å². The van der Waals surface area contributed by atoms with Gasteiger partial charge in [0.25, 0.3) is 11.5 Å². The van der Waals surface area contributed by atoms with Gasteiger partial charge in [-0.1, -0.05) is 23.5 Å². The monoisotopic (exact) mass is 549 g/mol. The quantitative estimate of drug-likeness (QED) is 0.404. The number of carbonyl (C=O) groups is 1. The summed E-state index contributed by atoms with van der Waals surface area (Å²) in [5.41, 5.74) is 2.31. The maximum atomic E-state index is 14.0. The van der Waals surface area contributed by atoms with Crippen molar-refractivity contribution < 1.29 is 19.0 Å². The van der Waals surface area contributed by atoms with Crippen molar-refractivity contribution in [1.29, 1.82) is 0 Å². The number of hydrogen-bond donors (Lipinski definition) is 0. The second-order valence-electron chi connectivity index (χ2n) is 9.40. The van der Waals surface area contributed by atoms with Crippen LogP contribution in [0.25, 0.3) is 6.08 Å². The average molecular weight is 550 g/mol. The van der Waals surface area contributed by atoms with Crippen LogP contribution in [0.15, 0.2) is 63.5 Å². The van der Waals surface area contributed by atoms with E-state index in [9.17, 15) is 9.59 Å². The summed E-state index contributed by atoms with van der Waals surface area (Å²) in [5, 5.41) is 0. The highest BCUT2D eigenvalue weighted by atomic mass is 32.1. The lowest BCUT2D eigenvalue weighted by Crippen LogP contribution is -2.43. The van der Waals surface area contributed by atoms with E-state index in [-0.39, 0.29) is 17.6 Å². The second-order valence-corrected chi connectivity index (χ2v) is 10.4. The van der Waals surface area contributed by atoms with E-state index >= 15 is 0 Å². The van der Waals surface area contributed by atoms with E-state index in [0.29, 0.717) is 50.8 Å². The molecule has 0 fully saturated rings. The third-order valence-electron chi connectivity index (χ3n) is 6.58. The van der Waals surface area contributed by atoms with Gasteiger partial charge in [-0.2, -0.15) is 0 Å². The normalized spacial score (nSPS) is 15.2. The molecule has 0 spiro atoms. The summed E-state index contributed by atoms with van der Waals surface area (Å²) in [4.78, 5) is 34.8. The van der Waals surface area contributed by atoms with Crippen LogP contribution in [0, 0.1) is 0 Å². The van der Waals surface area contributed by atoms with Crippen molar-refractivity contribution in [2.24, 2.45) is 4.99 Å². The van der Waals surface area contributed by atoms with Crippen LogP contribution in [0.4, 0.5) is 0 Å². The minimum absolute atomic E-state index is 0.0737. The first-order chi connectivity index (χ1) is 18.7. The molecule has 4 rings (SSSR count). The summed E-state index contributed by atoms with van der Waals surface area (Å²) in [7, 11) is 3.15. The number of amides is 1. The van der Waals surface area contributed by atoms with Crippen molar-refractivity contribution >= 4 is 23.3 Å². The minimum Gasteiger partial charge on any atom is -0.497 e. The molecule has 8 nitrogen and oxygen atoms in total. The Bertz CT molecular complexity index is 1560. The number of benzene rings is 2. The maximum Gasteiger partial charge on any atom is 0.271 e. The molecule has 0 saturated heterocycles. The zero-order valence-corrected chi connectivity index (χ0v) is 24.3. The Labute approximate surface area is 232 Å². The zero-order valence-electron chi connectivity index (χ0n) is 23.5. The molecule has 1 aliphatic rings. The number of thiazole rings is 1. The molecule has 1 amide bonds. The zero-order chi connectivity index (χ0) is 28.3. The van der Waals surface area contributed by atoms with E-state index in [1.165, 1.54) is 11.3 Å². The SMILES string of the molecule is CCN(CC)C(=O)C1=C(C)N=c2s/c(=C/c3ccc(OC(C)C)cc3)c(=O)n2[C@@H]1c1cc(OC)ccc1OC. The van der Waals surface area contributed by atoms with Gasteiger partial charge in [-0.25, -0.2) is 4.99 Å². The lowest BCUT2D eigenvalue weighted by molar-refractivity contribution is -0.127. The van der Waals surface area contributed by atoms with E-state index in [4.69, 9.17) is 19.2 Å². The molecule has 1 aliphatic heterocycles. The van der Waals surface area contributed by atoms with Crippen LogP contribution >= 0.6 is 11.3 Å². The van der Waals surface area contributed by atoms with Crippen LogP contribution in [0.5, 0.6) is 17.2 Å². The number of aromatic nitrogens is 1. The molecule has 0 saturated carbocycles. The van der Waals surface area contributed by atoms with Gasteiger partial charge in [-0.05, 0) is 76.6 Å². The Morgan fingerprint density at radius 1 is 1.08 bits per heavy atom. The first kappa shape index (κ1) is 28.2. The lowest BCUT2D eigenvalue weighted by atomic mass is 9.93. The van der Waals surface area contributed by atoms with Crippen molar-refractivity contribution in [3.05, 3.63) is 84.5 Å². The first-order valence-corrected chi connectivity index (χ1v) is 13.8. The summed E-state index contributed by atoms with van der Waals surface area (Å²) >= 11 is 1.30. The summed E-state index contributed by atoms with van der Waals surface area (Å²) in [5.74, 6) is 1.76. The molecule has 1 atom stereocenters. The topological polar surface area (TPSA) is 82.4 Å².